The molecule has 0 amide bonds. The van der Waals surface area contributed by atoms with Crippen LogP contribution in [0.15, 0.2) is 72.0 Å². The Morgan fingerprint density at radius 1 is 1.07 bits per heavy atom. The number of aromatic nitrogens is 2. The average Bonchev–Trinajstić information content (AvgIpc) is 3.42. The zero-order valence-corrected chi connectivity index (χ0v) is 16.9. The first-order valence-corrected chi connectivity index (χ1v) is 10.6. The molecule has 3 atom stereocenters. The van der Waals surface area contributed by atoms with Gasteiger partial charge in [0.2, 0.25) is 0 Å². The van der Waals surface area contributed by atoms with Gasteiger partial charge in [-0.15, -0.1) is 0 Å². The highest BCUT2D eigenvalue weighted by Crippen LogP contribution is 2.48. The summed E-state index contributed by atoms with van der Waals surface area (Å²) in [6, 6.07) is 14.7. The minimum atomic E-state index is -4.38. The predicted octanol–water partition coefficient (Wildman–Crippen LogP) is 5.48. The van der Waals surface area contributed by atoms with E-state index in [1.807, 2.05) is 41.1 Å². The van der Waals surface area contributed by atoms with Gasteiger partial charge in [-0.1, -0.05) is 30.8 Å². The molecule has 1 aromatic carbocycles. The smallest absolute Gasteiger partial charge is 0.339 e. The first-order valence-electron chi connectivity index (χ1n) is 9.69. The number of hydrogen-bond donors (Lipinski definition) is 0. The highest BCUT2D eigenvalue weighted by atomic mass is 32.2. The zero-order valence-electron chi connectivity index (χ0n) is 16.1. The second-order valence-electron chi connectivity index (χ2n) is 7.49. The second kappa shape index (κ2) is 7.19. The highest BCUT2D eigenvalue weighted by Gasteiger charge is 2.44. The van der Waals surface area contributed by atoms with Crippen molar-refractivity contribution in [1.29, 1.82) is 0 Å². The van der Waals surface area contributed by atoms with Gasteiger partial charge >= 0.3 is 6.18 Å². The summed E-state index contributed by atoms with van der Waals surface area (Å²) in [5.41, 5.74) is 1.58. The van der Waals surface area contributed by atoms with E-state index in [1.54, 1.807) is 24.0 Å². The monoisotopic (exact) mass is 428 g/mol. The molecule has 2 aliphatic rings. The molecule has 30 heavy (non-hydrogen) atoms. The maximum absolute atomic E-state index is 13.3. The van der Waals surface area contributed by atoms with Gasteiger partial charge in [-0.3, -0.25) is 9.98 Å². The van der Waals surface area contributed by atoms with Crippen LogP contribution in [0.2, 0.25) is 0 Å². The summed E-state index contributed by atoms with van der Waals surface area (Å²) in [6.45, 7) is 3.00. The van der Waals surface area contributed by atoms with Crippen LogP contribution < -0.4 is 0 Å². The molecular formula is C22H19F3N4S. The number of halogens is 3. The van der Waals surface area contributed by atoms with E-state index in [9.17, 15) is 13.2 Å². The van der Waals surface area contributed by atoms with Crippen molar-refractivity contribution in [3.8, 4) is 5.69 Å². The lowest BCUT2D eigenvalue weighted by Gasteiger charge is -2.28. The van der Waals surface area contributed by atoms with Crippen molar-refractivity contribution in [3.05, 3.63) is 83.9 Å². The fraction of sp³-hybridized carbons (Fsp3) is 0.273. The molecule has 0 bridgehead atoms. The van der Waals surface area contributed by atoms with E-state index in [4.69, 9.17) is 4.99 Å². The van der Waals surface area contributed by atoms with Crippen molar-refractivity contribution in [2.45, 2.75) is 30.4 Å². The molecule has 0 spiro atoms. The molecule has 154 valence electrons. The molecule has 0 radical (unpaired) electrons. The number of hydrogen-bond acceptors (Lipinski definition) is 4. The summed E-state index contributed by atoms with van der Waals surface area (Å²) in [6.07, 6.45) is -0.826. The van der Waals surface area contributed by atoms with E-state index in [0.717, 1.165) is 29.2 Å². The van der Waals surface area contributed by atoms with Crippen molar-refractivity contribution >= 4 is 16.9 Å². The third kappa shape index (κ3) is 3.29. The van der Waals surface area contributed by atoms with Gasteiger partial charge < -0.3 is 9.47 Å². The van der Waals surface area contributed by atoms with Gasteiger partial charge in [0.1, 0.15) is 6.04 Å². The largest absolute Gasteiger partial charge is 0.416 e. The van der Waals surface area contributed by atoms with Crippen LogP contribution in [-0.2, 0) is 6.18 Å². The zero-order chi connectivity index (χ0) is 20.9. The normalized spacial score (nSPS) is 23.5. The fourth-order valence-electron chi connectivity index (χ4n) is 4.14. The summed E-state index contributed by atoms with van der Waals surface area (Å²) in [5.74, 6) is 0. The van der Waals surface area contributed by atoms with Gasteiger partial charge in [-0.25, -0.2) is 0 Å². The van der Waals surface area contributed by atoms with Crippen LogP contribution >= 0.6 is 11.8 Å². The molecule has 1 saturated heterocycles. The second-order valence-corrected chi connectivity index (χ2v) is 8.89. The van der Waals surface area contributed by atoms with Crippen molar-refractivity contribution in [2.24, 2.45) is 4.99 Å². The minimum absolute atomic E-state index is 0.128. The Labute approximate surface area is 176 Å². The maximum atomic E-state index is 13.3. The molecule has 5 rings (SSSR count). The number of aliphatic imine (C=N–C) groups is 1. The highest BCUT2D eigenvalue weighted by molar-refractivity contribution is 8.14. The van der Waals surface area contributed by atoms with E-state index in [1.165, 1.54) is 12.1 Å². The summed E-state index contributed by atoms with van der Waals surface area (Å²) in [4.78, 5) is 11.7. The Hall–Kier alpha value is -2.74. The van der Waals surface area contributed by atoms with Crippen molar-refractivity contribution in [2.75, 3.05) is 6.54 Å². The number of rotatable bonds is 3. The molecule has 8 heteroatoms. The van der Waals surface area contributed by atoms with E-state index >= 15 is 0 Å². The first-order chi connectivity index (χ1) is 14.4. The van der Waals surface area contributed by atoms with E-state index in [-0.39, 0.29) is 12.1 Å². The van der Waals surface area contributed by atoms with Gasteiger partial charge in [0.25, 0.3) is 0 Å². The van der Waals surface area contributed by atoms with Gasteiger partial charge in [0.05, 0.1) is 17.3 Å². The average molecular weight is 428 g/mol. The number of fused-ring (bicyclic) bond motifs is 1. The lowest BCUT2D eigenvalue weighted by Crippen LogP contribution is -2.30. The molecule has 0 saturated carbocycles. The molecular weight excluding hydrogens is 409 g/mol. The Kier molecular flexibility index (Phi) is 4.61. The summed E-state index contributed by atoms with van der Waals surface area (Å²) >= 11 is 1.73. The standard InChI is InChI=1S/C22H19F3N4S/c1-14-13-29-20(19(27-21(29)30-14)17-8-2-3-10-26-17)18-9-5-11-28(18)16-7-4-6-15(12-16)22(23,24)25/h2-12,14,19-20H,13H2,1H3/t14-,19-,20+/m1/s1. The Morgan fingerprint density at radius 3 is 2.70 bits per heavy atom. The number of thioether (sulfide) groups is 1. The van der Waals surface area contributed by atoms with Crippen LogP contribution in [-0.4, -0.2) is 31.4 Å². The van der Waals surface area contributed by atoms with Crippen molar-refractivity contribution < 1.29 is 13.2 Å². The molecule has 0 aliphatic carbocycles. The predicted molar refractivity (Wildman–Crippen MR) is 112 cm³/mol. The van der Waals surface area contributed by atoms with Crippen molar-refractivity contribution in [3.63, 3.8) is 0 Å². The number of pyridine rings is 1. The molecule has 4 nitrogen and oxygen atoms in total. The Bertz CT molecular complexity index is 1090. The van der Waals surface area contributed by atoms with Crippen LogP contribution in [0.5, 0.6) is 0 Å². The summed E-state index contributed by atoms with van der Waals surface area (Å²) in [5, 5.41) is 1.38. The molecule has 1 fully saturated rings. The molecule has 2 aromatic heterocycles. The maximum Gasteiger partial charge on any atom is 0.416 e. The quantitative estimate of drug-likeness (QED) is 0.554. The summed E-state index contributed by atoms with van der Waals surface area (Å²) in [7, 11) is 0. The Balaban J connectivity index is 1.60. The van der Waals surface area contributed by atoms with Crippen LogP contribution in [0.3, 0.4) is 0 Å². The number of amidine groups is 1. The SMILES string of the molecule is C[C@@H]1CN2C(=N[C@H](c3ccccn3)[C@@H]2c2cccn2-c2cccc(C(F)(F)F)c2)S1. The molecule has 3 aromatic rings. The molecule has 0 N–H and O–H groups in total. The topological polar surface area (TPSA) is 33.4 Å². The number of nitrogens with zero attached hydrogens (tertiary/aromatic N) is 4. The Morgan fingerprint density at radius 2 is 1.93 bits per heavy atom. The van der Waals surface area contributed by atoms with E-state index in [0.29, 0.717) is 10.9 Å². The number of alkyl halides is 3. The van der Waals surface area contributed by atoms with Crippen molar-refractivity contribution in [1.82, 2.24) is 14.5 Å². The summed E-state index contributed by atoms with van der Waals surface area (Å²) < 4.78 is 41.6. The van der Waals surface area contributed by atoms with Gasteiger partial charge in [-0.2, -0.15) is 13.2 Å². The van der Waals surface area contributed by atoms with Crippen LogP contribution in [0, 0.1) is 0 Å². The first kappa shape index (κ1) is 19.2. The lowest BCUT2D eigenvalue weighted by molar-refractivity contribution is -0.137. The lowest BCUT2D eigenvalue weighted by atomic mass is 10.0. The third-order valence-corrected chi connectivity index (χ3v) is 6.52. The van der Waals surface area contributed by atoms with Crippen LogP contribution in [0.4, 0.5) is 13.2 Å². The molecule has 4 heterocycles. The van der Waals surface area contributed by atoms with E-state index in [2.05, 4.69) is 16.8 Å². The van der Waals surface area contributed by atoms with E-state index < -0.39 is 11.7 Å². The minimum Gasteiger partial charge on any atom is -0.339 e. The van der Waals surface area contributed by atoms with Gasteiger partial charge in [-0.05, 0) is 42.5 Å². The van der Waals surface area contributed by atoms with Gasteiger partial charge in [0.15, 0.2) is 5.17 Å². The van der Waals surface area contributed by atoms with Crippen LogP contribution in [0.1, 0.15) is 36.0 Å². The third-order valence-electron chi connectivity index (χ3n) is 5.42. The fourth-order valence-corrected chi connectivity index (χ4v) is 5.23. The molecule has 0 unspecified atom stereocenters. The molecule has 2 aliphatic heterocycles. The van der Waals surface area contributed by atoms with Gasteiger partial charge in [0, 0.05) is 35.6 Å². The van der Waals surface area contributed by atoms with Crippen LogP contribution in [0.25, 0.3) is 5.69 Å². The number of benzene rings is 1.